The van der Waals surface area contributed by atoms with Crippen LogP contribution < -0.4 is 5.32 Å². The number of hydrogen-bond acceptors (Lipinski definition) is 3. The van der Waals surface area contributed by atoms with E-state index in [1.165, 1.54) is 0 Å². The van der Waals surface area contributed by atoms with Crippen molar-refractivity contribution in [3.63, 3.8) is 0 Å². The third kappa shape index (κ3) is 6.99. The molecule has 0 radical (unpaired) electrons. The minimum absolute atomic E-state index is 0.220. The second-order valence-electron chi connectivity index (χ2n) is 3.75. The number of hydrogen-bond donors (Lipinski definition) is 2. The molecule has 0 aromatic rings. The van der Waals surface area contributed by atoms with Gasteiger partial charge in [0.25, 0.3) is 0 Å². The molecule has 2 N–H and O–H groups in total. The van der Waals surface area contributed by atoms with Crippen LogP contribution >= 0.6 is 0 Å². The van der Waals surface area contributed by atoms with Gasteiger partial charge in [0, 0.05) is 19.7 Å². The Labute approximate surface area is 81.5 Å². The van der Waals surface area contributed by atoms with Gasteiger partial charge in [0.2, 0.25) is 0 Å². The highest BCUT2D eigenvalue weighted by Gasteiger charge is 2.16. The Kier molecular flexibility index (Phi) is 6.29. The van der Waals surface area contributed by atoms with E-state index in [-0.39, 0.29) is 6.10 Å². The van der Waals surface area contributed by atoms with Crippen molar-refractivity contribution in [2.75, 3.05) is 19.7 Å². The molecule has 0 aliphatic carbocycles. The van der Waals surface area contributed by atoms with Crippen molar-refractivity contribution in [1.29, 1.82) is 0 Å². The molecule has 2 unspecified atom stereocenters. The van der Waals surface area contributed by atoms with E-state index in [9.17, 15) is 5.11 Å². The highest BCUT2D eigenvalue weighted by molar-refractivity contribution is 4.73. The lowest BCUT2D eigenvalue weighted by molar-refractivity contribution is 0.0425. The Balaban J connectivity index is 3.44. The van der Waals surface area contributed by atoms with E-state index in [1.54, 1.807) is 0 Å². The first-order valence-electron chi connectivity index (χ1n) is 5.06. The SMILES string of the molecule is CCOC(C)CNCC(C)(O)CC. The second-order valence-corrected chi connectivity index (χ2v) is 3.75. The average molecular weight is 189 g/mol. The molecule has 0 heterocycles. The maximum atomic E-state index is 9.66. The summed E-state index contributed by atoms with van der Waals surface area (Å²) in [5, 5.41) is 12.8. The molecule has 0 spiro atoms. The van der Waals surface area contributed by atoms with Gasteiger partial charge in [0.1, 0.15) is 0 Å². The molecule has 0 aliphatic rings. The molecule has 0 saturated heterocycles. The number of nitrogens with one attached hydrogen (secondary N) is 1. The van der Waals surface area contributed by atoms with Crippen molar-refractivity contribution in [3.05, 3.63) is 0 Å². The zero-order valence-corrected chi connectivity index (χ0v) is 9.26. The Morgan fingerprint density at radius 1 is 1.46 bits per heavy atom. The fourth-order valence-corrected chi connectivity index (χ4v) is 1.01. The average Bonchev–Trinajstić information content (AvgIpc) is 2.05. The first-order valence-corrected chi connectivity index (χ1v) is 5.06. The molecule has 80 valence electrons. The number of rotatable bonds is 7. The van der Waals surface area contributed by atoms with Gasteiger partial charge in [-0.15, -0.1) is 0 Å². The predicted molar refractivity (Wildman–Crippen MR) is 54.9 cm³/mol. The van der Waals surface area contributed by atoms with Crippen molar-refractivity contribution >= 4 is 0 Å². The normalized spacial score (nSPS) is 18.2. The molecular formula is C10H23NO2. The summed E-state index contributed by atoms with van der Waals surface area (Å²) in [5.74, 6) is 0. The van der Waals surface area contributed by atoms with Gasteiger partial charge < -0.3 is 15.2 Å². The van der Waals surface area contributed by atoms with Gasteiger partial charge in [0.15, 0.2) is 0 Å². The van der Waals surface area contributed by atoms with Crippen molar-refractivity contribution in [2.24, 2.45) is 0 Å². The summed E-state index contributed by atoms with van der Waals surface area (Å²) >= 11 is 0. The van der Waals surface area contributed by atoms with E-state index in [1.807, 2.05) is 27.7 Å². The van der Waals surface area contributed by atoms with Crippen LogP contribution in [0.3, 0.4) is 0 Å². The molecule has 0 saturated carbocycles. The molecule has 2 atom stereocenters. The molecule has 0 rings (SSSR count). The number of ether oxygens (including phenoxy) is 1. The largest absolute Gasteiger partial charge is 0.389 e. The van der Waals surface area contributed by atoms with Gasteiger partial charge in [-0.3, -0.25) is 0 Å². The van der Waals surface area contributed by atoms with Crippen molar-refractivity contribution in [2.45, 2.75) is 45.8 Å². The minimum atomic E-state index is -0.591. The first-order chi connectivity index (χ1) is 6.02. The van der Waals surface area contributed by atoms with Crippen molar-refractivity contribution in [1.82, 2.24) is 5.32 Å². The summed E-state index contributed by atoms with van der Waals surface area (Å²) in [4.78, 5) is 0. The fourth-order valence-electron chi connectivity index (χ4n) is 1.01. The zero-order valence-electron chi connectivity index (χ0n) is 9.26. The molecule has 13 heavy (non-hydrogen) atoms. The van der Waals surface area contributed by atoms with Gasteiger partial charge in [-0.1, -0.05) is 6.92 Å². The van der Waals surface area contributed by atoms with Crippen LogP contribution in [0.1, 0.15) is 34.1 Å². The molecule has 0 fully saturated rings. The Morgan fingerprint density at radius 2 is 2.08 bits per heavy atom. The van der Waals surface area contributed by atoms with Crippen molar-refractivity contribution in [3.8, 4) is 0 Å². The molecule has 0 aromatic carbocycles. The minimum Gasteiger partial charge on any atom is -0.389 e. The molecular weight excluding hydrogens is 166 g/mol. The van der Waals surface area contributed by atoms with Crippen LogP contribution in [-0.4, -0.2) is 36.5 Å². The van der Waals surface area contributed by atoms with E-state index >= 15 is 0 Å². The van der Waals surface area contributed by atoms with E-state index in [0.29, 0.717) is 6.54 Å². The lowest BCUT2D eigenvalue weighted by Gasteiger charge is -2.22. The summed E-state index contributed by atoms with van der Waals surface area (Å²) in [6, 6.07) is 0. The van der Waals surface area contributed by atoms with Crippen LogP contribution in [0.25, 0.3) is 0 Å². The van der Waals surface area contributed by atoms with Gasteiger partial charge in [0.05, 0.1) is 11.7 Å². The van der Waals surface area contributed by atoms with Crippen LogP contribution in [-0.2, 0) is 4.74 Å². The Bertz CT molecular complexity index is 126. The van der Waals surface area contributed by atoms with E-state index in [2.05, 4.69) is 5.32 Å². The summed E-state index contributed by atoms with van der Waals surface area (Å²) in [5.41, 5.74) is -0.591. The summed E-state index contributed by atoms with van der Waals surface area (Å²) in [6.45, 7) is 9.99. The van der Waals surface area contributed by atoms with Gasteiger partial charge >= 0.3 is 0 Å². The van der Waals surface area contributed by atoms with Crippen LogP contribution in [0.2, 0.25) is 0 Å². The highest BCUT2D eigenvalue weighted by Crippen LogP contribution is 2.05. The van der Waals surface area contributed by atoms with Gasteiger partial charge in [-0.2, -0.15) is 0 Å². The topological polar surface area (TPSA) is 41.5 Å². The molecule has 0 aromatic heterocycles. The standard InChI is InChI=1S/C10H23NO2/c1-5-10(4,12)8-11-7-9(3)13-6-2/h9,11-12H,5-8H2,1-4H3. The zero-order chi connectivity index (χ0) is 10.3. The van der Waals surface area contributed by atoms with Crippen molar-refractivity contribution < 1.29 is 9.84 Å². The quantitative estimate of drug-likeness (QED) is 0.631. The van der Waals surface area contributed by atoms with Gasteiger partial charge in [-0.05, 0) is 27.2 Å². The van der Waals surface area contributed by atoms with E-state index in [0.717, 1.165) is 19.6 Å². The van der Waals surface area contributed by atoms with Crippen LogP contribution in [0.15, 0.2) is 0 Å². The fraction of sp³-hybridized carbons (Fsp3) is 1.00. The molecule has 0 aliphatic heterocycles. The third-order valence-electron chi connectivity index (χ3n) is 2.15. The molecule has 3 heteroatoms. The lowest BCUT2D eigenvalue weighted by atomic mass is 10.0. The van der Waals surface area contributed by atoms with Crippen LogP contribution in [0.4, 0.5) is 0 Å². The summed E-state index contributed by atoms with van der Waals surface area (Å²) < 4.78 is 5.35. The molecule has 0 bridgehead atoms. The predicted octanol–water partition coefficient (Wildman–Crippen LogP) is 1.16. The second kappa shape index (κ2) is 6.35. The Hall–Kier alpha value is -0.120. The smallest absolute Gasteiger partial charge is 0.0741 e. The van der Waals surface area contributed by atoms with Gasteiger partial charge in [-0.25, -0.2) is 0 Å². The summed E-state index contributed by atoms with van der Waals surface area (Å²) in [7, 11) is 0. The lowest BCUT2D eigenvalue weighted by Crippen LogP contribution is -2.40. The maximum absolute atomic E-state index is 9.66. The summed E-state index contributed by atoms with van der Waals surface area (Å²) in [6.07, 6.45) is 0.987. The third-order valence-corrected chi connectivity index (χ3v) is 2.15. The van der Waals surface area contributed by atoms with Crippen LogP contribution in [0, 0.1) is 0 Å². The molecule has 0 amide bonds. The highest BCUT2D eigenvalue weighted by atomic mass is 16.5. The molecule has 3 nitrogen and oxygen atoms in total. The number of aliphatic hydroxyl groups is 1. The van der Waals surface area contributed by atoms with Crippen LogP contribution in [0.5, 0.6) is 0 Å². The Morgan fingerprint density at radius 3 is 2.54 bits per heavy atom. The first kappa shape index (κ1) is 12.9. The maximum Gasteiger partial charge on any atom is 0.0741 e. The monoisotopic (exact) mass is 189 g/mol. The van der Waals surface area contributed by atoms with E-state index < -0.39 is 5.60 Å². The van der Waals surface area contributed by atoms with E-state index in [4.69, 9.17) is 4.74 Å².